The molecule has 6 nitrogen and oxygen atoms in total. The van der Waals surface area contributed by atoms with Crippen molar-refractivity contribution < 1.29 is 13.2 Å². The molecule has 3 rings (SSSR count). The summed E-state index contributed by atoms with van der Waals surface area (Å²) in [5, 5.41) is 7.39. The van der Waals surface area contributed by atoms with E-state index in [4.69, 9.17) is 0 Å². The number of hydrogen-bond donors (Lipinski definition) is 1. The largest absolute Gasteiger partial charge is 0.346 e. The lowest BCUT2D eigenvalue weighted by atomic mass is 10.1. The lowest BCUT2D eigenvalue weighted by Crippen LogP contribution is -2.40. The number of benzene rings is 1. The van der Waals surface area contributed by atoms with Crippen LogP contribution in [-0.2, 0) is 9.84 Å². The molecule has 1 aromatic heterocycles. The maximum absolute atomic E-state index is 12.5. The van der Waals surface area contributed by atoms with Crippen molar-refractivity contribution in [1.82, 2.24) is 15.1 Å². The Hall–Kier alpha value is -2.15. The molecule has 26 heavy (non-hydrogen) atoms. The van der Waals surface area contributed by atoms with Crippen molar-refractivity contribution in [1.29, 1.82) is 0 Å². The molecule has 7 heteroatoms. The summed E-state index contributed by atoms with van der Waals surface area (Å²) in [6.07, 6.45) is 0.517. The van der Waals surface area contributed by atoms with E-state index in [2.05, 4.69) is 10.4 Å². The summed E-state index contributed by atoms with van der Waals surface area (Å²) >= 11 is 0. The monoisotopic (exact) mass is 375 g/mol. The van der Waals surface area contributed by atoms with Gasteiger partial charge in [-0.25, -0.2) is 8.42 Å². The summed E-state index contributed by atoms with van der Waals surface area (Å²) in [7, 11) is -3.05. The SMILES string of the molecule is Cc1ccc(-c2cc(C(=O)NC(C)(C)C)nn2[C@@H]2CCS(=O)(=O)C2)cc1. The number of sulfone groups is 1. The Balaban J connectivity index is 2.03. The third-order valence-corrected chi connectivity index (χ3v) is 6.11. The number of carbonyl (C=O) groups excluding carboxylic acids is 1. The molecule has 0 unspecified atom stereocenters. The smallest absolute Gasteiger partial charge is 0.272 e. The normalized spacial score (nSPS) is 19.5. The molecule has 1 aromatic carbocycles. The maximum Gasteiger partial charge on any atom is 0.272 e. The molecule has 1 N–H and O–H groups in total. The lowest BCUT2D eigenvalue weighted by Gasteiger charge is -2.19. The first-order valence-electron chi connectivity index (χ1n) is 8.74. The summed E-state index contributed by atoms with van der Waals surface area (Å²) in [6, 6.07) is 9.43. The van der Waals surface area contributed by atoms with E-state index in [9.17, 15) is 13.2 Å². The van der Waals surface area contributed by atoms with E-state index in [0.29, 0.717) is 12.1 Å². The molecule has 1 aliphatic rings. The van der Waals surface area contributed by atoms with Crippen LogP contribution in [0.5, 0.6) is 0 Å². The Morgan fingerprint density at radius 2 is 1.88 bits per heavy atom. The van der Waals surface area contributed by atoms with E-state index in [-0.39, 0.29) is 29.0 Å². The molecular weight excluding hydrogens is 350 g/mol. The number of rotatable bonds is 3. The van der Waals surface area contributed by atoms with Crippen LogP contribution in [0.25, 0.3) is 11.3 Å². The molecule has 0 aliphatic carbocycles. The van der Waals surface area contributed by atoms with Crippen molar-refractivity contribution in [2.75, 3.05) is 11.5 Å². The average Bonchev–Trinajstić information content (AvgIpc) is 3.10. The first kappa shape index (κ1) is 18.6. The third-order valence-electron chi connectivity index (χ3n) is 4.36. The van der Waals surface area contributed by atoms with Gasteiger partial charge in [-0.2, -0.15) is 5.10 Å². The topological polar surface area (TPSA) is 81.1 Å². The molecule has 2 aromatic rings. The average molecular weight is 375 g/mol. The molecule has 1 aliphatic heterocycles. The highest BCUT2D eigenvalue weighted by Crippen LogP contribution is 2.30. The van der Waals surface area contributed by atoms with E-state index in [1.165, 1.54) is 0 Å². The predicted molar refractivity (Wildman–Crippen MR) is 102 cm³/mol. The molecule has 0 radical (unpaired) electrons. The Labute approximate surface area is 154 Å². The van der Waals surface area contributed by atoms with E-state index in [0.717, 1.165) is 16.8 Å². The predicted octanol–water partition coefficient (Wildman–Crippen LogP) is 2.75. The molecule has 1 atom stereocenters. The number of aryl methyl sites for hydroxylation is 1. The fourth-order valence-electron chi connectivity index (χ4n) is 3.10. The molecular formula is C19H25N3O3S. The van der Waals surface area contributed by atoms with Crippen molar-refractivity contribution in [3.63, 3.8) is 0 Å². The van der Waals surface area contributed by atoms with Gasteiger partial charge in [-0.05, 0) is 45.7 Å². The maximum atomic E-state index is 12.5. The highest BCUT2D eigenvalue weighted by Gasteiger charge is 2.32. The lowest BCUT2D eigenvalue weighted by molar-refractivity contribution is 0.0913. The summed E-state index contributed by atoms with van der Waals surface area (Å²) in [5.74, 6) is -0.0344. The van der Waals surface area contributed by atoms with Gasteiger partial charge in [0.25, 0.3) is 5.91 Å². The van der Waals surface area contributed by atoms with E-state index in [1.54, 1.807) is 10.7 Å². The standard InChI is InChI=1S/C19H25N3O3S/c1-13-5-7-14(8-6-13)17-11-16(18(23)20-19(2,3)4)21-22(17)15-9-10-26(24,25)12-15/h5-8,11,15H,9-10,12H2,1-4H3,(H,20,23)/t15-/m1/s1. The van der Waals surface area contributed by atoms with Crippen molar-refractivity contribution in [3.05, 3.63) is 41.6 Å². The number of nitrogens with one attached hydrogen (secondary N) is 1. The summed E-state index contributed by atoms with van der Waals surface area (Å²) in [5.41, 5.74) is 2.75. The van der Waals surface area contributed by atoms with Gasteiger partial charge in [-0.3, -0.25) is 9.48 Å². The molecule has 0 bridgehead atoms. The minimum absolute atomic E-state index is 0.0634. The Morgan fingerprint density at radius 3 is 2.42 bits per heavy atom. The molecule has 1 amide bonds. The van der Waals surface area contributed by atoms with Gasteiger partial charge in [0.15, 0.2) is 15.5 Å². The second-order valence-corrected chi connectivity index (χ2v) is 10.2. The van der Waals surface area contributed by atoms with Crippen LogP contribution < -0.4 is 5.32 Å². The first-order chi connectivity index (χ1) is 12.0. The zero-order valence-corrected chi connectivity index (χ0v) is 16.4. The second-order valence-electron chi connectivity index (χ2n) is 7.99. The Morgan fingerprint density at radius 1 is 1.23 bits per heavy atom. The van der Waals surface area contributed by atoms with E-state index >= 15 is 0 Å². The molecule has 140 valence electrons. The van der Waals surface area contributed by atoms with Crippen LogP contribution in [0, 0.1) is 6.92 Å². The van der Waals surface area contributed by atoms with Crippen LogP contribution in [0.4, 0.5) is 0 Å². The highest BCUT2D eigenvalue weighted by molar-refractivity contribution is 7.91. The van der Waals surface area contributed by atoms with Gasteiger partial charge < -0.3 is 5.32 Å². The van der Waals surface area contributed by atoms with Crippen LogP contribution >= 0.6 is 0 Å². The number of carbonyl (C=O) groups is 1. The number of nitrogens with zero attached hydrogens (tertiary/aromatic N) is 2. The van der Waals surface area contributed by atoms with Gasteiger partial charge in [-0.1, -0.05) is 29.8 Å². The van der Waals surface area contributed by atoms with E-state index in [1.807, 2.05) is 52.0 Å². The van der Waals surface area contributed by atoms with Gasteiger partial charge in [0.05, 0.1) is 23.2 Å². The van der Waals surface area contributed by atoms with Crippen molar-refractivity contribution in [2.45, 2.75) is 45.7 Å². The quantitative estimate of drug-likeness (QED) is 0.894. The van der Waals surface area contributed by atoms with Gasteiger partial charge in [0.2, 0.25) is 0 Å². The number of hydrogen-bond acceptors (Lipinski definition) is 4. The van der Waals surface area contributed by atoms with Crippen LogP contribution in [0.1, 0.15) is 49.3 Å². The van der Waals surface area contributed by atoms with Gasteiger partial charge >= 0.3 is 0 Å². The van der Waals surface area contributed by atoms with Crippen LogP contribution in [0.15, 0.2) is 30.3 Å². The minimum Gasteiger partial charge on any atom is -0.346 e. The van der Waals surface area contributed by atoms with Crippen LogP contribution in [0.3, 0.4) is 0 Å². The molecule has 1 saturated heterocycles. The van der Waals surface area contributed by atoms with Gasteiger partial charge in [0.1, 0.15) is 0 Å². The zero-order valence-electron chi connectivity index (χ0n) is 15.6. The van der Waals surface area contributed by atoms with Crippen LogP contribution in [-0.4, -0.2) is 41.2 Å². The van der Waals surface area contributed by atoms with Crippen molar-refractivity contribution in [3.8, 4) is 11.3 Å². The number of aromatic nitrogens is 2. The molecule has 0 spiro atoms. The fraction of sp³-hybridized carbons (Fsp3) is 0.474. The Kier molecular flexibility index (Phi) is 4.69. The highest BCUT2D eigenvalue weighted by atomic mass is 32.2. The van der Waals surface area contributed by atoms with Crippen molar-refractivity contribution >= 4 is 15.7 Å². The molecule has 1 fully saturated rings. The Bertz CT molecular complexity index is 922. The third kappa shape index (κ3) is 4.15. The summed E-state index contributed by atoms with van der Waals surface area (Å²) in [6.45, 7) is 7.73. The minimum atomic E-state index is -3.05. The van der Waals surface area contributed by atoms with Gasteiger partial charge in [-0.15, -0.1) is 0 Å². The van der Waals surface area contributed by atoms with Gasteiger partial charge in [0, 0.05) is 5.54 Å². The first-order valence-corrected chi connectivity index (χ1v) is 10.6. The fourth-order valence-corrected chi connectivity index (χ4v) is 4.79. The second kappa shape index (κ2) is 6.54. The van der Waals surface area contributed by atoms with E-state index < -0.39 is 9.84 Å². The summed E-state index contributed by atoms with van der Waals surface area (Å²) in [4.78, 5) is 12.5. The zero-order chi connectivity index (χ0) is 19.1. The van der Waals surface area contributed by atoms with Crippen molar-refractivity contribution in [2.24, 2.45) is 0 Å². The molecule has 2 heterocycles. The number of amides is 1. The summed E-state index contributed by atoms with van der Waals surface area (Å²) < 4.78 is 25.5. The molecule has 0 saturated carbocycles. The van der Waals surface area contributed by atoms with Crippen LogP contribution in [0.2, 0.25) is 0 Å².